The summed E-state index contributed by atoms with van der Waals surface area (Å²) >= 11 is 0. The van der Waals surface area contributed by atoms with Crippen LogP contribution in [0.5, 0.6) is 0 Å². The quantitative estimate of drug-likeness (QED) is 0.485. The molecule has 0 N–H and O–H groups in total. The molecular weight excluding hydrogens is 328 g/mol. The zero-order valence-electron chi connectivity index (χ0n) is 14.7. The van der Waals surface area contributed by atoms with Crippen LogP contribution in [0.25, 0.3) is 0 Å². The first-order chi connectivity index (χ1) is 12.5. The number of aryl methyl sites for hydroxylation is 1. The van der Waals surface area contributed by atoms with Crippen LogP contribution in [0, 0.1) is 28.9 Å². The molecule has 0 unspecified atom stereocenters. The number of hydrogen-bond acceptors (Lipinski definition) is 5. The number of anilines is 1. The van der Waals surface area contributed by atoms with E-state index < -0.39 is 0 Å². The van der Waals surface area contributed by atoms with Crippen molar-refractivity contribution in [3.05, 3.63) is 76.1 Å². The molecule has 0 bridgehead atoms. The van der Waals surface area contributed by atoms with Gasteiger partial charge in [-0.15, -0.1) is 0 Å². The summed E-state index contributed by atoms with van der Waals surface area (Å²) in [5, 5.41) is 11.2. The van der Waals surface area contributed by atoms with Gasteiger partial charge in [0.1, 0.15) is 0 Å². The maximum atomic E-state index is 11.2. The van der Waals surface area contributed by atoms with Crippen molar-refractivity contribution >= 4 is 11.5 Å². The van der Waals surface area contributed by atoms with E-state index in [4.69, 9.17) is 0 Å². The summed E-state index contributed by atoms with van der Waals surface area (Å²) in [5.74, 6) is 6.67. The van der Waals surface area contributed by atoms with E-state index in [0.717, 1.165) is 11.3 Å². The lowest BCUT2D eigenvalue weighted by molar-refractivity contribution is -0.384. The van der Waals surface area contributed by atoms with Crippen LogP contribution in [0.15, 0.2) is 54.9 Å². The molecule has 1 aliphatic rings. The summed E-state index contributed by atoms with van der Waals surface area (Å²) in [6.07, 6.45) is 1.58. The molecule has 1 aromatic heterocycles. The highest BCUT2D eigenvalue weighted by Gasteiger charge is 2.24. The smallest absolute Gasteiger partial charge is 0.311 e. The standard InChI is InChI=1S/C20H20N4O2/c1-16-5-8-18(9-6-16)10-7-17(2)22-12-14-23(15-13-22)20-19(24(25)26)4-3-11-21-20/h3-6,8-9,11H,2,12-15H2,1H3. The molecule has 0 amide bonds. The highest BCUT2D eigenvalue weighted by molar-refractivity contribution is 5.57. The SMILES string of the molecule is C=C(C#Cc1ccc(C)cc1)N1CCN(c2ncccc2[N+](=O)[O-])CC1. The van der Waals surface area contributed by atoms with E-state index in [1.807, 2.05) is 36.1 Å². The lowest BCUT2D eigenvalue weighted by Crippen LogP contribution is -2.46. The Labute approximate surface area is 152 Å². The minimum absolute atomic E-state index is 0.0407. The minimum Gasteiger partial charge on any atom is -0.362 e. The van der Waals surface area contributed by atoms with Crippen molar-refractivity contribution in [2.45, 2.75) is 6.92 Å². The predicted molar refractivity (Wildman–Crippen MR) is 102 cm³/mol. The molecule has 6 nitrogen and oxygen atoms in total. The average molecular weight is 348 g/mol. The van der Waals surface area contributed by atoms with E-state index in [1.165, 1.54) is 11.6 Å². The monoisotopic (exact) mass is 348 g/mol. The van der Waals surface area contributed by atoms with Crippen molar-refractivity contribution in [2.75, 3.05) is 31.1 Å². The lowest BCUT2D eigenvalue weighted by Gasteiger charge is -2.35. The number of rotatable bonds is 3. The Bertz CT molecular complexity index is 873. The summed E-state index contributed by atoms with van der Waals surface area (Å²) < 4.78 is 0. The second-order valence-corrected chi connectivity index (χ2v) is 6.14. The number of nitrogens with zero attached hydrogens (tertiary/aromatic N) is 4. The predicted octanol–water partition coefficient (Wildman–Crippen LogP) is 2.99. The number of aromatic nitrogens is 1. The van der Waals surface area contributed by atoms with Gasteiger partial charge in [-0.25, -0.2) is 4.98 Å². The van der Waals surface area contributed by atoms with Gasteiger partial charge < -0.3 is 9.80 Å². The largest absolute Gasteiger partial charge is 0.362 e. The third-order valence-electron chi connectivity index (χ3n) is 4.33. The first kappa shape index (κ1) is 17.5. The van der Waals surface area contributed by atoms with Gasteiger partial charge in [0.2, 0.25) is 5.82 Å². The van der Waals surface area contributed by atoms with E-state index in [9.17, 15) is 10.1 Å². The van der Waals surface area contributed by atoms with Crippen molar-refractivity contribution in [2.24, 2.45) is 0 Å². The highest BCUT2D eigenvalue weighted by Crippen LogP contribution is 2.26. The van der Waals surface area contributed by atoms with Gasteiger partial charge in [-0.05, 0) is 31.0 Å². The molecule has 0 spiro atoms. The van der Waals surface area contributed by atoms with E-state index in [0.29, 0.717) is 32.0 Å². The molecule has 0 atom stereocenters. The highest BCUT2D eigenvalue weighted by atomic mass is 16.6. The molecule has 0 saturated carbocycles. The van der Waals surface area contributed by atoms with Crippen LogP contribution in [0.2, 0.25) is 0 Å². The summed E-state index contributed by atoms with van der Waals surface area (Å²) in [6, 6.07) is 11.1. The van der Waals surface area contributed by atoms with Gasteiger partial charge in [-0.2, -0.15) is 0 Å². The Morgan fingerprint density at radius 1 is 1.19 bits per heavy atom. The van der Waals surface area contributed by atoms with Crippen molar-refractivity contribution < 1.29 is 4.92 Å². The molecule has 2 heterocycles. The van der Waals surface area contributed by atoms with Crippen LogP contribution in [-0.2, 0) is 0 Å². The second-order valence-electron chi connectivity index (χ2n) is 6.14. The van der Waals surface area contributed by atoms with Gasteiger partial charge in [-0.3, -0.25) is 10.1 Å². The number of piperazine rings is 1. The fourth-order valence-corrected chi connectivity index (χ4v) is 2.82. The summed E-state index contributed by atoms with van der Waals surface area (Å²) in [4.78, 5) is 19.0. The Hall–Kier alpha value is -3.33. The number of benzene rings is 1. The zero-order valence-corrected chi connectivity index (χ0v) is 14.7. The molecule has 132 valence electrons. The molecule has 1 fully saturated rings. The van der Waals surface area contributed by atoms with E-state index >= 15 is 0 Å². The number of allylic oxidation sites excluding steroid dienone is 1. The van der Waals surface area contributed by atoms with Crippen molar-refractivity contribution in [3.8, 4) is 11.8 Å². The number of nitro groups is 1. The molecule has 6 heteroatoms. The molecule has 1 aliphatic heterocycles. The van der Waals surface area contributed by atoms with Gasteiger partial charge in [0.05, 0.1) is 10.6 Å². The van der Waals surface area contributed by atoms with Gasteiger partial charge >= 0.3 is 5.69 Å². The minimum atomic E-state index is -0.388. The van der Waals surface area contributed by atoms with Gasteiger partial charge in [0, 0.05) is 44.0 Å². The summed E-state index contributed by atoms with van der Waals surface area (Å²) in [7, 11) is 0. The third kappa shape index (κ3) is 4.01. The average Bonchev–Trinajstić information content (AvgIpc) is 2.67. The van der Waals surface area contributed by atoms with E-state index in [1.54, 1.807) is 12.3 Å². The fraction of sp³-hybridized carbons (Fsp3) is 0.250. The van der Waals surface area contributed by atoms with Crippen LogP contribution < -0.4 is 4.90 Å². The van der Waals surface area contributed by atoms with Crippen molar-refractivity contribution in [3.63, 3.8) is 0 Å². The molecule has 26 heavy (non-hydrogen) atoms. The van der Waals surface area contributed by atoms with E-state index in [2.05, 4.69) is 28.3 Å². The Kier molecular flexibility index (Phi) is 5.18. The van der Waals surface area contributed by atoms with Crippen LogP contribution >= 0.6 is 0 Å². The first-order valence-electron chi connectivity index (χ1n) is 8.41. The molecule has 1 aromatic carbocycles. The van der Waals surface area contributed by atoms with Crippen molar-refractivity contribution in [1.82, 2.24) is 9.88 Å². The normalized spacial score (nSPS) is 13.7. The molecule has 0 aliphatic carbocycles. The molecule has 0 radical (unpaired) electrons. The summed E-state index contributed by atoms with van der Waals surface area (Å²) in [6.45, 7) is 8.80. The lowest BCUT2D eigenvalue weighted by atomic mass is 10.1. The number of hydrogen-bond donors (Lipinski definition) is 0. The third-order valence-corrected chi connectivity index (χ3v) is 4.33. The Morgan fingerprint density at radius 2 is 1.88 bits per heavy atom. The van der Waals surface area contributed by atoms with Crippen LogP contribution in [0.1, 0.15) is 11.1 Å². The number of pyridine rings is 1. The van der Waals surface area contributed by atoms with Crippen LogP contribution in [-0.4, -0.2) is 41.0 Å². The maximum Gasteiger partial charge on any atom is 0.311 e. The van der Waals surface area contributed by atoms with Gasteiger partial charge in [-0.1, -0.05) is 30.2 Å². The maximum absolute atomic E-state index is 11.2. The van der Waals surface area contributed by atoms with Crippen LogP contribution in [0.4, 0.5) is 11.5 Å². The zero-order chi connectivity index (χ0) is 18.5. The van der Waals surface area contributed by atoms with Crippen molar-refractivity contribution in [1.29, 1.82) is 0 Å². The van der Waals surface area contributed by atoms with Gasteiger partial charge in [0.25, 0.3) is 0 Å². The Balaban J connectivity index is 1.63. The molecule has 2 aromatic rings. The summed E-state index contributed by atoms with van der Waals surface area (Å²) in [5.41, 5.74) is 2.97. The topological polar surface area (TPSA) is 62.5 Å². The molecule has 3 rings (SSSR count). The second kappa shape index (κ2) is 7.70. The van der Waals surface area contributed by atoms with E-state index in [-0.39, 0.29) is 10.6 Å². The van der Waals surface area contributed by atoms with Crippen LogP contribution in [0.3, 0.4) is 0 Å². The van der Waals surface area contributed by atoms with Gasteiger partial charge in [0.15, 0.2) is 0 Å². The first-order valence-corrected chi connectivity index (χ1v) is 8.41. The fourth-order valence-electron chi connectivity index (χ4n) is 2.82. The molecular formula is C20H20N4O2. The molecule has 1 saturated heterocycles. The Morgan fingerprint density at radius 3 is 2.54 bits per heavy atom.